The molecule has 2 heteroatoms. The smallest absolute Gasteiger partial charge is 0.184 e. The highest BCUT2D eigenvalue weighted by atomic mass is 16.7. The molecule has 0 saturated heterocycles. The minimum atomic E-state index is -0.281. The summed E-state index contributed by atoms with van der Waals surface area (Å²) in [6, 6.07) is 9.94. The van der Waals surface area contributed by atoms with Gasteiger partial charge in [0, 0.05) is 12.7 Å². The van der Waals surface area contributed by atoms with Crippen molar-refractivity contribution in [3.63, 3.8) is 0 Å². The van der Waals surface area contributed by atoms with E-state index in [2.05, 4.69) is 0 Å². The van der Waals surface area contributed by atoms with Crippen molar-refractivity contribution in [2.45, 2.75) is 32.7 Å². The van der Waals surface area contributed by atoms with Gasteiger partial charge in [0.05, 0.1) is 5.60 Å². The number of methoxy groups -OCH3 is 1. The first kappa shape index (κ1) is 11.2. The van der Waals surface area contributed by atoms with Crippen LogP contribution in [0.25, 0.3) is 0 Å². The molecule has 0 aliphatic carbocycles. The van der Waals surface area contributed by atoms with Crippen LogP contribution in [0, 0.1) is 0 Å². The van der Waals surface area contributed by atoms with E-state index in [0.717, 1.165) is 5.56 Å². The largest absolute Gasteiger partial charge is 0.352 e. The van der Waals surface area contributed by atoms with Crippen molar-refractivity contribution < 1.29 is 9.47 Å². The van der Waals surface area contributed by atoms with Crippen LogP contribution < -0.4 is 0 Å². The first-order chi connectivity index (χ1) is 6.53. The lowest BCUT2D eigenvalue weighted by Crippen LogP contribution is -2.23. The van der Waals surface area contributed by atoms with Gasteiger partial charge in [0.2, 0.25) is 0 Å². The van der Waals surface area contributed by atoms with E-state index in [1.807, 2.05) is 51.1 Å². The molecule has 1 rings (SSSR count). The molecular weight excluding hydrogens is 176 g/mol. The van der Waals surface area contributed by atoms with Crippen molar-refractivity contribution in [3.8, 4) is 0 Å². The Balaban J connectivity index is 2.73. The van der Waals surface area contributed by atoms with Gasteiger partial charge in [-0.3, -0.25) is 0 Å². The molecule has 0 radical (unpaired) electrons. The third-order valence-electron chi connectivity index (χ3n) is 1.75. The lowest BCUT2D eigenvalue weighted by atomic mass is 10.1. The molecule has 0 spiro atoms. The van der Waals surface area contributed by atoms with Crippen LogP contribution in [0.1, 0.15) is 32.6 Å². The Bertz CT molecular complexity index is 261. The van der Waals surface area contributed by atoms with Crippen molar-refractivity contribution in [3.05, 3.63) is 35.9 Å². The number of benzene rings is 1. The summed E-state index contributed by atoms with van der Waals surface area (Å²) in [5.41, 5.74) is 0.848. The van der Waals surface area contributed by atoms with Gasteiger partial charge in [-0.1, -0.05) is 30.3 Å². The SMILES string of the molecule is COC(OC(C)(C)C)c1ccccc1. The molecule has 2 nitrogen and oxygen atoms in total. The zero-order valence-electron chi connectivity index (χ0n) is 9.28. The highest BCUT2D eigenvalue weighted by Gasteiger charge is 2.19. The molecule has 0 bridgehead atoms. The average Bonchev–Trinajstić information content (AvgIpc) is 2.14. The Morgan fingerprint density at radius 2 is 1.64 bits per heavy atom. The summed E-state index contributed by atoms with van der Waals surface area (Å²) in [4.78, 5) is 0. The Kier molecular flexibility index (Phi) is 3.67. The molecule has 1 unspecified atom stereocenters. The molecule has 1 aromatic carbocycles. The quantitative estimate of drug-likeness (QED) is 0.688. The second-order valence-corrected chi connectivity index (χ2v) is 4.21. The molecule has 78 valence electrons. The second-order valence-electron chi connectivity index (χ2n) is 4.21. The van der Waals surface area contributed by atoms with Crippen molar-refractivity contribution in [1.82, 2.24) is 0 Å². The molecule has 0 fully saturated rings. The monoisotopic (exact) mass is 194 g/mol. The minimum absolute atomic E-state index is 0.198. The van der Waals surface area contributed by atoms with E-state index >= 15 is 0 Å². The topological polar surface area (TPSA) is 18.5 Å². The Hall–Kier alpha value is -0.860. The minimum Gasteiger partial charge on any atom is -0.352 e. The van der Waals surface area contributed by atoms with E-state index in [1.54, 1.807) is 7.11 Å². The molecule has 0 aliphatic rings. The third-order valence-corrected chi connectivity index (χ3v) is 1.75. The highest BCUT2D eigenvalue weighted by molar-refractivity contribution is 5.16. The lowest BCUT2D eigenvalue weighted by Gasteiger charge is -2.26. The standard InChI is InChI=1S/C12H18O2/c1-12(2,3)14-11(13-4)10-8-6-5-7-9-10/h5-9,11H,1-4H3. The maximum atomic E-state index is 5.75. The van der Waals surface area contributed by atoms with Gasteiger partial charge in [0.1, 0.15) is 0 Å². The molecule has 1 atom stereocenters. The fraction of sp³-hybridized carbons (Fsp3) is 0.500. The number of ether oxygens (including phenoxy) is 2. The van der Waals surface area contributed by atoms with Gasteiger partial charge in [-0.25, -0.2) is 0 Å². The van der Waals surface area contributed by atoms with E-state index in [1.165, 1.54) is 0 Å². The fourth-order valence-corrected chi connectivity index (χ4v) is 1.18. The van der Waals surface area contributed by atoms with Gasteiger partial charge in [-0.05, 0) is 20.8 Å². The van der Waals surface area contributed by atoms with Crippen LogP contribution in [0.3, 0.4) is 0 Å². The van der Waals surface area contributed by atoms with Crippen molar-refractivity contribution in [1.29, 1.82) is 0 Å². The van der Waals surface area contributed by atoms with Crippen LogP contribution in [0.2, 0.25) is 0 Å². The number of hydrogen-bond acceptors (Lipinski definition) is 2. The summed E-state index contributed by atoms with van der Waals surface area (Å²) in [6.45, 7) is 6.05. The Labute approximate surface area is 85.8 Å². The van der Waals surface area contributed by atoms with Crippen LogP contribution in [-0.2, 0) is 9.47 Å². The molecule has 0 aliphatic heterocycles. The summed E-state index contributed by atoms with van der Waals surface area (Å²) in [5, 5.41) is 0. The zero-order chi connectivity index (χ0) is 10.6. The van der Waals surface area contributed by atoms with Crippen LogP contribution in [0.5, 0.6) is 0 Å². The first-order valence-electron chi connectivity index (χ1n) is 4.78. The van der Waals surface area contributed by atoms with Crippen LogP contribution >= 0.6 is 0 Å². The highest BCUT2D eigenvalue weighted by Crippen LogP contribution is 2.23. The summed E-state index contributed by atoms with van der Waals surface area (Å²) >= 11 is 0. The van der Waals surface area contributed by atoms with Gasteiger partial charge >= 0.3 is 0 Å². The molecule has 0 saturated carbocycles. The van der Waals surface area contributed by atoms with E-state index in [4.69, 9.17) is 9.47 Å². The average molecular weight is 194 g/mol. The van der Waals surface area contributed by atoms with E-state index in [-0.39, 0.29) is 11.9 Å². The molecule has 0 aromatic heterocycles. The Morgan fingerprint density at radius 3 is 2.07 bits per heavy atom. The molecule has 0 N–H and O–H groups in total. The lowest BCUT2D eigenvalue weighted by molar-refractivity contribution is -0.186. The second kappa shape index (κ2) is 4.58. The normalized spacial score (nSPS) is 14.0. The summed E-state index contributed by atoms with van der Waals surface area (Å²) in [6.07, 6.45) is -0.281. The molecule has 1 aromatic rings. The summed E-state index contributed by atoms with van der Waals surface area (Å²) < 4.78 is 11.0. The van der Waals surface area contributed by atoms with Crippen LogP contribution in [0.4, 0.5) is 0 Å². The number of rotatable bonds is 3. The van der Waals surface area contributed by atoms with E-state index in [0.29, 0.717) is 0 Å². The van der Waals surface area contributed by atoms with Crippen molar-refractivity contribution in [2.75, 3.05) is 7.11 Å². The third kappa shape index (κ3) is 3.48. The van der Waals surface area contributed by atoms with Crippen molar-refractivity contribution >= 4 is 0 Å². The summed E-state index contributed by atoms with van der Waals surface area (Å²) in [5.74, 6) is 0. The predicted molar refractivity (Wildman–Crippen MR) is 57.0 cm³/mol. The van der Waals surface area contributed by atoms with Crippen LogP contribution in [0.15, 0.2) is 30.3 Å². The predicted octanol–water partition coefficient (Wildman–Crippen LogP) is 3.15. The van der Waals surface area contributed by atoms with E-state index in [9.17, 15) is 0 Å². The van der Waals surface area contributed by atoms with E-state index < -0.39 is 0 Å². The first-order valence-corrected chi connectivity index (χ1v) is 4.78. The zero-order valence-corrected chi connectivity index (χ0v) is 9.28. The Morgan fingerprint density at radius 1 is 1.07 bits per heavy atom. The van der Waals surface area contributed by atoms with Gasteiger partial charge in [0.25, 0.3) is 0 Å². The van der Waals surface area contributed by atoms with Gasteiger partial charge < -0.3 is 9.47 Å². The molecule has 14 heavy (non-hydrogen) atoms. The number of hydrogen-bond donors (Lipinski definition) is 0. The maximum absolute atomic E-state index is 5.75. The van der Waals surface area contributed by atoms with Crippen molar-refractivity contribution in [2.24, 2.45) is 0 Å². The van der Waals surface area contributed by atoms with Gasteiger partial charge in [-0.15, -0.1) is 0 Å². The molecule has 0 heterocycles. The fourth-order valence-electron chi connectivity index (χ4n) is 1.18. The van der Waals surface area contributed by atoms with Crippen LogP contribution in [-0.4, -0.2) is 12.7 Å². The molecule has 0 amide bonds. The summed E-state index contributed by atoms with van der Waals surface area (Å²) in [7, 11) is 1.66. The maximum Gasteiger partial charge on any atom is 0.184 e. The van der Waals surface area contributed by atoms with Gasteiger partial charge in [-0.2, -0.15) is 0 Å². The van der Waals surface area contributed by atoms with Gasteiger partial charge in [0.15, 0.2) is 6.29 Å². The molecular formula is C12H18O2.